The Morgan fingerprint density at radius 1 is 1.78 bits per heavy atom. The van der Waals surface area contributed by atoms with Crippen LogP contribution in [0.2, 0.25) is 0 Å². The van der Waals surface area contributed by atoms with Crippen LogP contribution in [0.5, 0.6) is 0 Å². The molecule has 0 unspecified atom stereocenters. The Morgan fingerprint density at radius 3 is 2.33 bits per heavy atom. The van der Waals surface area contributed by atoms with Crippen LogP contribution >= 0.6 is 0 Å². The third-order valence-corrected chi connectivity index (χ3v) is 1.31. The third kappa shape index (κ3) is 2.41. The Balaban J connectivity index is 3.72. The molecule has 0 aromatic carbocycles. The van der Waals surface area contributed by atoms with Crippen molar-refractivity contribution in [2.24, 2.45) is 0 Å². The predicted octanol–water partition coefficient (Wildman–Crippen LogP) is 0.422. The van der Waals surface area contributed by atoms with Gasteiger partial charge in [0.1, 0.15) is 6.10 Å². The number of nitrogens with zero attached hydrogens (tertiary/aromatic N) is 1. The molecule has 0 radical (unpaired) electrons. The first kappa shape index (κ1) is 8.36. The Morgan fingerprint density at radius 2 is 2.22 bits per heavy atom. The van der Waals surface area contributed by atoms with Crippen LogP contribution in [0.25, 0.3) is 0 Å². The molecule has 0 aromatic rings. The Kier molecular flexibility index (Phi) is 3.16. The van der Waals surface area contributed by atoms with Crippen molar-refractivity contribution < 1.29 is 10.0 Å². The molecule has 0 aliphatic heterocycles. The van der Waals surface area contributed by atoms with Crippen molar-refractivity contribution >= 4 is 0 Å². The summed E-state index contributed by atoms with van der Waals surface area (Å²) in [5, 5.41) is 18.8. The smallest absolute Gasteiger partial charge is 0.235 e. The number of rotatable bonds is 3. The molecule has 0 aliphatic carbocycles. The summed E-state index contributed by atoms with van der Waals surface area (Å²) in [7, 11) is 0. The van der Waals surface area contributed by atoms with Crippen LogP contribution in [-0.2, 0) is 0 Å². The average molecular weight is 133 g/mol. The van der Waals surface area contributed by atoms with E-state index in [0.717, 1.165) is 0 Å². The second-order valence-corrected chi connectivity index (χ2v) is 2.00. The fourth-order valence-corrected chi connectivity index (χ4v) is 0.482. The first-order chi connectivity index (χ1) is 4.09. The van der Waals surface area contributed by atoms with Crippen molar-refractivity contribution in [3.8, 4) is 0 Å². The monoisotopic (exact) mass is 133 g/mol. The molecular weight excluding hydrogens is 122 g/mol. The minimum absolute atomic E-state index is 0.433. The van der Waals surface area contributed by atoms with E-state index in [1.165, 1.54) is 6.92 Å². The van der Waals surface area contributed by atoms with E-state index in [1.807, 2.05) is 0 Å². The third-order valence-electron chi connectivity index (χ3n) is 1.31. The Labute approximate surface area is 53.6 Å². The molecule has 4 heteroatoms. The van der Waals surface area contributed by atoms with E-state index in [9.17, 15) is 10.1 Å². The highest BCUT2D eigenvalue weighted by molar-refractivity contribution is 4.58. The van der Waals surface area contributed by atoms with Gasteiger partial charge in [0.2, 0.25) is 6.04 Å². The molecule has 0 rings (SSSR count). The van der Waals surface area contributed by atoms with Gasteiger partial charge < -0.3 is 5.11 Å². The molecule has 0 saturated heterocycles. The van der Waals surface area contributed by atoms with Crippen molar-refractivity contribution in [3.63, 3.8) is 0 Å². The zero-order chi connectivity index (χ0) is 7.44. The van der Waals surface area contributed by atoms with E-state index in [0.29, 0.717) is 6.42 Å². The van der Waals surface area contributed by atoms with E-state index in [-0.39, 0.29) is 0 Å². The van der Waals surface area contributed by atoms with Gasteiger partial charge >= 0.3 is 0 Å². The highest BCUT2D eigenvalue weighted by atomic mass is 16.6. The lowest BCUT2D eigenvalue weighted by atomic mass is 10.1. The number of aliphatic hydroxyl groups is 1. The minimum Gasteiger partial charge on any atom is -0.386 e. The van der Waals surface area contributed by atoms with Crippen molar-refractivity contribution in [2.45, 2.75) is 32.4 Å². The van der Waals surface area contributed by atoms with E-state index >= 15 is 0 Å². The highest BCUT2D eigenvalue weighted by Gasteiger charge is 2.21. The molecule has 0 fully saturated rings. The lowest BCUT2D eigenvalue weighted by Gasteiger charge is -2.07. The normalized spacial score (nSPS) is 16.8. The molecular formula is C5H11NO3. The second kappa shape index (κ2) is 3.40. The molecule has 9 heavy (non-hydrogen) atoms. The van der Waals surface area contributed by atoms with Crippen molar-refractivity contribution in [1.29, 1.82) is 0 Å². The van der Waals surface area contributed by atoms with Crippen LogP contribution in [0.15, 0.2) is 0 Å². The van der Waals surface area contributed by atoms with Crippen molar-refractivity contribution in [2.75, 3.05) is 0 Å². The largest absolute Gasteiger partial charge is 0.386 e. The fraction of sp³-hybridized carbons (Fsp3) is 1.00. The van der Waals surface area contributed by atoms with Crippen LogP contribution in [0.1, 0.15) is 20.3 Å². The minimum atomic E-state index is -0.838. The van der Waals surface area contributed by atoms with Crippen molar-refractivity contribution in [1.82, 2.24) is 0 Å². The van der Waals surface area contributed by atoms with Gasteiger partial charge in [-0.05, 0) is 6.42 Å². The van der Waals surface area contributed by atoms with Crippen LogP contribution in [0, 0.1) is 10.1 Å². The SMILES string of the molecule is CC[C@@H](O)[C@@H](C)[N+](=O)[O-]. The van der Waals surface area contributed by atoms with Gasteiger partial charge in [-0.15, -0.1) is 0 Å². The van der Waals surface area contributed by atoms with Gasteiger partial charge in [0, 0.05) is 11.8 Å². The maximum atomic E-state index is 9.95. The summed E-state index contributed by atoms with van der Waals surface area (Å²) in [6.45, 7) is 3.11. The van der Waals surface area contributed by atoms with E-state index in [2.05, 4.69) is 0 Å². The zero-order valence-electron chi connectivity index (χ0n) is 5.57. The van der Waals surface area contributed by atoms with Crippen molar-refractivity contribution in [3.05, 3.63) is 10.1 Å². The predicted molar refractivity (Wildman–Crippen MR) is 32.8 cm³/mol. The lowest BCUT2D eigenvalue weighted by Crippen LogP contribution is -2.29. The van der Waals surface area contributed by atoms with Crippen LogP contribution in [0.4, 0.5) is 0 Å². The van der Waals surface area contributed by atoms with Gasteiger partial charge in [-0.2, -0.15) is 0 Å². The standard InChI is InChI=1S/C5H11NO3/c1-3-5(7)4(2)6(8)9/h4-5,7H,3H2,1-2H3/t4-,5-/m1/s1. The molecule has 0 saturated carbocycles. The number of nitro groups is 1. The summed E-state index contributed by atoms with van der Waals surface area (Å²) in [5.41, 5.74) is 0. The number of hydrogen-bond donors (Lipinski definition) is 1. The van der Waals surface area contributed by atoms with Gasteiger partial charge in [-0.1, -0.05) is 6.92 Å². The topological polar surface area (TPSA) is 63.4 Å². The van der Waals surface area contributed by atoms with E-state index in [4.69, 9.17) is 5.11 Å². The van der Waals surface area contributed by atoms with E-state index in [1.54, 1.807) is 6.92 Å². The Bertz CT molecular complexity index is 104. The molecule has 0 aliphatic rings. The maximum Gasteiger partial charge on any atom is 0.235 e. The molecule has 2 atom stereocenters. The van der Waals surface area contributed by atoms with Gasteiger partial charge in [0.15, 0.2) is 0 Å². The number of hydrogen-bond acceptors (Lipinski definition) is 3. The quantitative estimate of drug-likeness (QED) is 0.448. The average Bonchev–Trinajstić information content (AvgIpc) is 1.84. The first-order valence-electron chi connectivity index (χ1n) is 2.91. The lowest BCUT2D eigenvalue weighted by molar-refractivity contribution is -0.529. The maximum absolute atomic E-state index is 9.95. The molecule has 0 aromatic heterocycles. The first-order valence-corrected chi connectivity index (χ1v) is 2.91. The van der Waals surface area contributed by atoms with Crippen LogP contribution in [-0.4, -0.2) is 22.2 Å². The summed E-state index contributed by atoms with van der Waals surface area (Å²) in [4.78, 5) is 9.47. The van der Waals surface area contributed by atoms with Crippen LogP contribution < -0.4 is 0 Å². The summed E-state index contributed by atoms with van der Waals surface area (Å²) in [6.07, 6.45) is -0.373. The second-order valence-electron chi connectivity index (χ2n) is 2.00. The molecule has 1 N–H and O–H groups in total. The molecule has 0 spiro atoms. The van der Waals surface area contributed by atoms with Gasteiger partial charge in [0.05, 0.1) is 0 Å². The summed E-state index contributed by atoms with van der Waals surface area (Å²) >= 11 is 0. The summed E-state index contributed by atoms with van der Waals surface area (Å²) in [5.74, 6) is 0. The molecule has 4 nitrogen and oxygen atoms in total. The Hall–Kier alpha value is -0.640. The number of aliphatic hydroxyl groups excluding tert-OH is 1. The van der Waals surface area contributed by atoms with Crippen LogP contribution in [0.3, 0.4) is 0 Å². The highest BCUT2D eigenvalue weighted by Crippen LogP contribution is 1.99. The fourth-order valence-electron chi connectivity index (χ4n) is 0.482. The van der Waals surface area contributed by atoms with Gasteiger partial charge in [0.25, 0.3) is 0 Å². The zero-order valence-corrected chi connectivity index (χ0v) is 5.57. The summed E-state index contributed by atoms with van der Waals surface area (Å²) in [6, 6.07) is -0.838. The van der Waals surface area contributed by atoms with E-state index < -0.39 is 17.1 Å². The molecule has 0 heterocycles. The molecule has 0 bridgehead atoms. The molecule has 0 amide bonds. The van der Waals surface area contributed by atoms with Gasteiger partial charge in [-0.3, -0.25) is 10.1 Å². The van der Waals surface area contributed by atoms with Gasteiger partial charge in [-0.25, -0.2) is 0 Å². The summed E-state index contributed by atoms with van der Waals surface area (Å²) < 4.78 is 0. The molecule has 54 valence electrons.